The van der Waals surface area contributed by atoms with Crippen molar-refractivity contribution in [3.05, 3.63) is 53.8 Å². The Morgan fingerprint density at radius 3 is 2.47 bits per heavy atom. The molecule has 0 aliphatic heterocycles. The molecule has 0 aromatic heterocycles. The maximum atomic E-state index is 13.5. The zero-order valence-electron chi connectivity index (χ0n) is 10.3. The molecule has 0 atom stereocenters. The van der Waals surface area contributed by atoms with Gasteiger partial charge in [-0.25, -0.2) is 4.39 Å². The lowest BCUT2D eigenvalue weighted by molar-refractivity contribution is 0.102. The third-order valence-corrected chi connectivity index (χ3v) is 2.64. The van der Waals surface area contributed by atoms with Crippen LogP contribution in [0.2, 0.25) is 0 Å². The molecule has 98 valence electrons. The average Bonchev–Trinajstić information content (AvgIpc) is 2.43. The zero-order chi connectivity index (χ0) is 13.8. The summed E-state index contributed by atoms with van der Waals surface area (Å²) in [4.78, 5) is 11.9. The summed E-state index contributed by atoms with van der Waals surface area (Å²) in [6.07, 6.45) is 0. The van der Waals surface area contributed by atoms with Gasteiger partial charge in [0.1, 0.15) is 17.3 Å². The summed E-state index contributed by atoms with van der Waals surface area (Å²) in [5.41, 5.74) is 6.18. The number of hydrogen-bond donors (Lipinski definition) is 2. The Labute approximate surface area is 110 Å². The van der Waals surface area contributed by atoms with Gasteiger partial charge in [-0.1, -0.05) is 6.07 Å². The Morgan fingerprint density at radius 1 is 1.21 bits per heavy atom. The summed E-state index contributed by atoms with van der Waals surface area (Å²) in [7, 11) is 1.54. The number of anilines is 2. The minimum absolute atomic E-state index is 0.0108. The summed E-state index contributed by atoms with van der Waals surface area (Å²) >= 11 is 0. The lowest BCUT2D eigenvalue weighted by Crippen LogP contribution is -2.14. The number of nitrogens with two attached hydrogens (primary N) is 1. The van der Waals surface area contributed by atoms with Gasteiger partial charge in [0, 0.05) is 5.56 Å². The number of halogens is 1. The monoisotopic (exact) mass is 260 g/mol. The molecular formula is C14H13FN2O2. The van der Waals surface area contributed by atoms with Crippen molar-refractivity contribution in [1.29, 1.82) is 0 Å². The number of nitrogens with one attached hydrogen (secondary N) is 1. The second kappa shape index (κ2) is 5.39. The maximum Gasteiger partial charge on any atom is 0.255 e. The van der Waals surface area contributed by atoms with Gasteiger partial charge in [-0.15, -0.1) is 0 Å². The van der Waals surface area contributed by atoms with Crippen LogP contribution in [0.1, 0.15) is 10.4 Å². The fourth-order valence-corrected chi connectivity index (χ4v) is 1.60. The molecule has 0 saturated heterocycles. The van der Waals surface area contributed by atoms with E-state index in [9.17, 15) is 9.18 Å². The van der Waals surface area contributed by atoms with Crippen LogP contribution in [-0.2, 0) is 0 Å². The van der Waals surface area contributed by atoms with Crippen LogP contribution in [0.25, 0.3) is 0 Å². The van der Waals surface area contributed by atoms with Crippen LogP contribution in [0.5, 0.6) is 5.75 Å². The quantitative estimate of drug-likeness (QED) is 0.834. The fourth-order valence-electron chi connectivity index (χ4n) is 1.60. The van der Waals surface area contributed by atoms with Gasteiger partial charge >= 0.3 is 0 Å². The Bertz CT molecular complexity index is 577. The summed E-state index contributed by atoms with van der Waals surface area (Å²) in [5, 5.41) is 2.45. The first-order valence-electron chi connectivity index (χ1n) is 5.61. The molecule has 0 unspecified atom stereocenters. The van der Waals surface area contributed by atoms with Crippen LogP contribution in [0.3, 0.4) is 0 Å². The van der Waals surface area contributed by atoms with Crippen molar-refractivity contribution < 1.29 is 13.9 Å². The third kappa shape index (κ3) is 2.82. The molecule has 0 bridgehead atoms. The van der Waals surface area contributed by atoms with Crippen molar-refractivity contribution >= 4 is 17.3 Å². The number of para-hydroxylation sites is 1. The number of methoxy groups -OCH3 is 1. The Hall–Kier alpha value is -2.56. The van der Waals surface area contributed by atoms with E-state index in [4.69, 9.17) is 10.5 Å². The lowest BCUT2D eigenvalue weighted by atomic mass is 10.2. The molecule has 19 heavy (non-hydrogen) atoms. The topological polar surface area (TPSA) is 64.3 Å². The number of carbonyl (C=O) groups excluding carboxylic acids is 1. The highest BCUT2D eigenvalue weighted by Crippen LogP contribution is 2.22. The lowest BCUT2D eigenvalue weighted by Gasteiger charge is -2.09. The minimum Gasteiger partial charge on any atom is -0.497 e. The highest BCUT2D eigenvalue weighted by Gasteiger charge is 2.11. The number of hydrogen-bond acceptors (Lipinski definition) is 3. The molecule has 0 heterocycles. The third-order valence-electron chi connectivity index (χ3n) is 2.64. The SMILES string of the molecule is COc1ccc(C(=O)Nc2c(N)cccc2F)cc1. The molecule has 0 fully saturated rings. The van der Waals surface area contributed by atoms with E-state index in [1.807, 2.05) is 0 Å². The van der Waals surface area contributed by atoms with Gasteiger partial charge in [0.05, 0.1) is 12.8 Å². The van der Waals surface area contributed by atoms with Crippen molar-refractivity contribution in [2.75, 3.05) is 18.2 Å². The van der Waals surface area contributed by atoms with Gasteiger partial charge in [-0.05, 0) is 36.4 Å². The predicted octanol–water partition coefficient (Wildman–Crippen LogP) is 2.67. The molecule has 2 aromatic rings. The van der Waals surface area contributed by atoms with E-state index in [-0.39, 0.29) is 11.4 Å². The van der Waals surface area contributed by atoms with Gasteiger partial charge in [0.25, 0.3) is 5.91 Å². The normalized spacial score (nSPS) is 10.0. The Kier molecular flexibility index (Phi) is 3.66. The first-order chi connectivity index (χ1) is 9.11. The zero-order valence-corrected chi connectivity index (χ0v) is 10.3. The number of benzene rings is 2. The number of nitrogen functional groups attached to an aromatic ring is 1. The average molecular weight is 260 g/mol. The van der Waals surface area contributed by atoms with Crippen LogP contribution in [0.15, 0.2) is 42.5 Å². The smallest absolute Gasteiger partial charge is 0.255 e. The molecule has 0 aliphatic rings. The van der Waals surface area contributed by atoms with Crippen LogP contribution < -0.4 is 15.8 Å². The molecule has 5 heteroatoms. The van der Waals surface area contributed by atoms with E-state index in [0.29, 0.717) is 11.3 Å². The number of carbonyl (C=O) groups is 1. The largest absolute Gasteiger partial charge is 0.497 e. The van der Waals surface area contributed by atoms with Crippen molar-refractivity contribution in [3.63, 3.8) is 0 Å². The van der Waals surface area contributed by atoms with Gasteiger partial charge < -0.3 is 15.8 Å². The number of rotatable bonds is 3. The molecular weight excluding hydrogens is 247 g/mol. The molecule has 2 rings (SSSR count). The maximum absolute atomic E-state index is 13.5. The molecule has 0 spiro atoms. The van der Waals surface area contributed by atoms with Gasteiger partial charge in [-0.2, -0.15) is 0 Å². The molecule has 4 nitrogen and oxygen atoms in total. The van der Waals surface area contributed by atoms with Crippen molar-refractivity contribution in [1.82, 2.24) is 0 Å². The molecule has 0 radical (unpaired) electrons. The van der Waals surface area contributed by atoms with Crippen LogP contribution in [-0.4, -0.2) is 13.0 Å². The van der Waals surface area contributed by atoms with Gasteiger partial charge in [0.15, 0.2) is 0 Å². The Balaban J connectivity index is 2.20. The predicted molar refractivity (Wildman–Crippen MR) is 71.8 cm³/mol. The van der Waals surface area contributed by atoms with Gasteiger partial charge in [0.2, 0.25) is 0 Å². The summed E-state index contributed by atoms with van der Waals surface area (Å²) < 4.78 is 18.5. The second-order valence-corrected chi connectivity index (χ2v) is 3.89. The first-order valence-corrected chi connectivity index (χ1v) is 5.61. The van der Waals surface area contributed by atoms with E-state index < -0.39 is 11.7 Å². The standard InChI is InChI=1S/C14H13FN2O2/c1-19-10-7-5-9(6-8-10)14(18)17-13-11(15)3-2-4-12(13)16/h2-8H,16H2,1H3,(H,17,18). The van der Waals surface area contributed by atoms with Crippen molar-refractivity contribution in [2.24, 2.45) is 0 Å². The van der Waals surface area contributed by atoms with Crippen molar-refractivity contribution in [2.45, 2.75) is 0 Å². The van der Waals surface area contributed by atoms with Gasteiger partial charge in [-0.3, -0.25) is 4.79 Å². The van der Waals surface area contributed by atoms with Crippen LogP contribution in [0.4, 0.5) is 15.8 Å². The summed E-state index contributed by atoms with van der Waals surface area (Å²) in [5.74, 6) is -0.358. The number of ether oxygens (including phenoxy) is 1. The molecule has 0 saturated carbocycles. The van der Waals surface area contributed by atoms with E-state index in [1.165, 1.54) is 25.3 Å². The number of amides is 1. The fraction of sp³-hybridized carbons (Fsp3) is 0.0714. The minimum atomic E-state index is -0.568. The molecule has 0 aliphatic carbocycles. The van der Waals surface area contributed by atoms with Crippen molar-refractivity contribution in [3.8, 4) is 5.75 Å². The van der Waals surface area contributed by atoms with E-state index >= 15 is 0 Å². The summed E-state index contributed by atoms with van der Waals surface area (Å²) in [6, 6.07) is 10.7. The van der Waals surface area contributed by atoms with E-state index in [2.05, 4.69) is 5.32 Å². The Morgan fingerprint density at radius 2 is 1.89 bits per heavy atom. The van der Waals surface area contributed by atoms with E-state index in [0.717, 1.165) is 0 Å². The van der Waals surface area contributed by atoms with Crippen LogP contribution in [0, 0.1) is 5.82 Å². The summed E-state index contributed by atoms with van der Waals surface area (Å²) in [6.45, 7) is 0. The highest BCUT2D eigenvalue weighted by molar-refractivity contribution is 6.05. The molecule has 2 aromatic carbocycles. The highest BCUT2D eigenvalue weighted by atomic mass is 19.1. The van der Waals surface area contributed by atoms with Crippen LogP contribution >= 0.6 is 0 Å². The molecule has 3 N–H and O–H groups in total. The first kappa shape index (κ1) is 12.9. The van der Waals surface area contributed by atoms with E-state index in [1.54, 1.807) is 24.3 Å². The molecule has 1 amide bonds. The second-order valence-electron chi connectivity index (χ2n) is 3.89.